The number of ketones is 1. The number of Topliss-reactive ketones (excluding diaryl/α,β-unsaturated/α-hetero) is 1. The highest BCUT2D eigenvalue weighted by Gasteiger charge is 2.25. The van der Waals surface area contributed by atoms with E-state index in [1.807, 2.05) is 6.07 Å². The van der Waals surface area contributed by atoms with Crippen molar-refractivity contribution >= 4 is 11.9 Å². The second-order valence-electron chi connectivity index (χ2n) is 7.04. The van der Waals surface area contributed by atoms with Gasteiger partial charge in [-0.15, -0.1) is 0 Å². The number of hydrogen-bond acceptors (Lipinski definition) is 4. The normalized spacial score (nSPS) is 11.6. The lowest BCUT2D eigenvalue weighted by Crippen LogP contribution is -2.21. The summed E-state index contributed by atoms with van der Waals surface area (Å²) in [5.41, 5.74) is 0.504. The molecule has 0 spiro atoms. The largest absolute Gasteiger partial charge is 0.493 e. The Morgan fingerprint density at radius 2 is 1.89 bits per heavy atom. The number of hydrogen-bond donors (Lipinski definition) is 0. The van der Waals surface area contributed by atoms with Gasteiger partial charge in [0.25, 0.3) is 0 Å². The summed E-state index contributed by atoms with van der Waals surface area (Å²) in [6, 6.07) is 13.4. The number of carbonyl (C=O) groups excluding carboxylic acids is 1. The lowest BCUT2D eigenvalue weighted by Gasteiger charge is -2.15. The van der Waals surface area contributed by atoms with Crippen molar-refractivity contribution in [2.24, 2.45) is 5.41 Å². The number of allylic oxidation sites excluding steroid dienone is 1. The van der Waals surface area contributed by atoms with Gasteiger partial charge in [-0.1, -0.05) is 45.0 Å². The van der Waals surface area contributed by atoms with Gasteiger partial charge in [-0.2, -0.15) is 5.26 Å². The Bertz CT molecular complexity index is 905. The minimum absolute atomic E-state index is 0.0597. The zero-order chi connectivity index (χ0) is 20.0. The quantitative estimate of drug-likeness (QED) is 0.536. The fourth-order valence-corrected chi connectivity index (χ4v) is 2.38. The molecule has 0 amide bonds. The zero-order valence-corrected chi connectivity index (χ0v) is 15.9. The number of rotatable bonds is 6. The molecule has 0 aliphatic heterocycles. The third kappa shape index (κ3) is 5.18. The molecule has 0 saturated heterocycles. The molecule has 0 atom stereocenters. The number of nitriles is 1. The van der Waals surface area contributed by atoms with Crippen molar-refractivity contribution in [3.05, 3.63) is 65.0 Å². The third-order valence-electron chi connectivity index (χ3n) is 3.89. The van der Waals surface area contributed by atoms with E-state index in [0.29, 0.717) is 22.6 Å². The molecule has 0 radical (unpaired) electrons. The Morgan fingerprint density at radius 3 is 2.48 bits per heavy atom. The zero-order valence-electron chi connectivity index (χ0n) is 15.9. The molecule has 0 bridgehead atoms. The molecule has 140 valence electrons. The molecule has 0 heterocycles. The Morgan fingerprint density at radius 1 is 1.19 bits per heavy atom. The Kier molecular flexibility index (Phi) is 6.36. The number of nitrogens with zero attached hydrogens (tertiary/aromatic N) is 1. The summed E-state index contributed by atoms with van der Waals surface area (Å²) in [7, 11) is 1.49. The minimum atomic E-state index is -0.644. The van der Waals surface area contributed by atoms with Crippen LogP contribution in [0.15, 0.2) is 48.0 Å². The van der Waals surface area contributed by atoms with Crippen LogP contribution in [0.3, 0.4) is 0 Å². The molecule has 0 aliphatic carbocycles. The summed E-state index contributed by atoms with van der Waals surface area (Å²) in [5.74, 6) is 0.304. The van der Waals surface area contributed by atoms with Crippen LogP contribution in [0.25, 0.3) is 6.08 Å². The van der Waals surface area contributed by atoms with Crippen LogP contribution in [0, 0.1) is 22.6 Å². The highest BCUT2D eigenvalue weighted by Crippen LogP contribution is 2.30. The van der Waals surface area contributed by atoms with Crippen molar-refractivity contribution in [1.82, 2.24) is 0 Å². The van der Waals surface area contributed by atoms with E-state index in [1.54, 1.807) is 57.2 Å². The minimum Gasteiger partial charge on any atom is -0.493 e. The number of ether oxygens (including phenoxy) is 2. The standard InChI is InChI=1S/C22H22FNO3/c1-22(2,3)21(25)17(13-24)11-15-9-10-19(20(12-15)26-4)27-14-16-7-5-6-8-18(16)23/h5-12H,14H2,1-4H3. The first-order valence-electron chi connectivity index (χ1n) is 8.47. The van der Waals surface area contributed by atoms with Crippen LogP contribution < -0.4 is 9.47 Å². The molecule has 0 saturated carbocycles. The van der Waals surface area contributed by atoms with Gasteiger partial charge in [0.05, 0.1) is 12.7 Å². The van der Waals surface area contributed by atoms with Gasteiger partial charge in [-0.3, -0.25) is 4.79 Å². The van der Waals surface area contributed by atoms with Crippen molar-refractivity contribution in [2.45, 2.75) is 27.4 Å². The molecule has 4 nitrogen and oxygen atoms in total. The van der Waals surface area contributed by atoms with Gasteiger partial charge in [-0.05, 0) is 29.8 Å². The van der Waals surface area contributed by atoms with E-state index in [9.17, 15) is 14.4 Å². The van der Waals surface area contributed by atoms with Crippen molar-refractivity contribution < 1.29 is 18.7 Å². The van der Waals surface area contributed by atoms with Gasteiger partial charge in [0.1, 0.15) is 18.5 Å². The summed E-state index contributed by atoms with van der Waals surface area (Å²) in [6.07, 6.45) is 1.52. The number of halogens is 1. The molecule has 0 unspecified atom stereocenters. The van der Waals surface area contributed by atoms with Crippen LogP contribution in [-0.4, -0.2) is 12.9 Å². The van der Waals surface area contributed by atoms with E-state index in [2.05, 4.69) is 0 Å². The SMILES string of the molecule is COc1cc(C=C(C#N)C(=O)C(C)(C)C)ccc1OCc1ccccc1F. The van der Waals surface area contributed by atoms with Crippen LogP contribution >= 0.6 is 0 Å². The summed E-state index contributed by atoms with van der Waals surface area (Å²) in [6.45, 7) is 5.35. The maximum Gasteiger partial charge on any atom is 0.178 e. The first-order valence-corrected chi connectivity index (χ1v) is 8.47. The first-order chi connectivity index (χ1) is 12.8. The summed E-state index contributed by atoms with van der Waals surface area (Å²) >= 11 is 0. The van der Waals surface area contributed by atoms with Crippen molar-refractivity contribution in [3.63, 3.8) is 0 Å². The summed E-state index contributed by atoms with van der Waals surface area (Å²) < 4.78 is 24.7. The molecule has 2 aromatic rings. The topological polar surface area (TPSA) is 59.3 Å². The van der Waals surface area contributed by atoms with Gasteiger partial charge < -0.3 is 9.47 Å². The smallest absolute Gasteiger partial charge is 0.178 e. The monoisotopic (exact) mass is 367 g/mol. The molecule has 2 rings (SSSR count). The van der Waals surface area contributed by atoms with Gasteiger partial charge in [0, 0.05) is 11.0 Å². The van der Waals surface area contributed by atoms with Crippen LogP contribution in [0.4, 0.5) is 4.39 Å². The summed E-state index contributed by atoms with van der Waals surface area (Å²) in [4.78, 5) is 12.3. The predicted octanol–water partition coefficient (Wildman–Crippen LogP) is 4.94. The molecule has 0 aliphatic rings. The lowest BCUT2D eigenvalue weighted by molar-refractivity contribution is -0.121. The Balaban J connectivity index is 2.25. The van der Waals surface area contributed by atoms with E-state index in [4.69, 9.17) is 9.47 Å². The Hall–Kier alpha value is -3.13. The molecule has 0 N–H and O–H groups in total. The molecule has 0 fully saturated rings. The number of benzene rings is 2. The molecular formula is C22H22FNO3. The van der Waals surface area contributed by atoms with E-state index >= 15 is 0 Å². The molecule has 5 heteroatoms. The highest BCUT2D eigenvalue weighted by atomic mass is 19.1. The second kappa shape index (κ2) is 8.50. The van der Waals surface area contributed by atoms with Gasteiger partial charge in [-0.25, -0.2) is 4.39 Å². The predicted molar refractivity (Wildman–Crippen MR) is 102 cm³/mol. The second-order valence-corrected chi connectivity index (χ2v) is 7.04. The summed E-state index contributed by atoms with van der Waals surface area (Å²) in [5, 5.41) is 9.31. The molecule has 27 heavy (non-hydrogen) atoms. The van der Waals surface area contributed by atoms with Gasteiger partial charge in [0.15, 0.2) is 17.3 Å². The van der Waals surface area contributed by atoms with Crippen molar-refractivity contribution in [1.29, 1.82) is 5.26 Å². The van der Waals surface area contributed by atoms with Gasteiger partial charge >= 0.3 is 0 Å². The van der Waals surface area contributed by atoms with E-state index in [1.165, 1.54) is 19.3 Å². The average Bonchev–Trinajstić information content (AvgIpc) is 2.64. The first kappa shape index (κ1) is 20.2. The fourth-order valence-electron chi connectivity index (χ4n) is 2.38. The average molecular weight is 367 g/mol. The third-order valence-corrected chi connectivity index (χ3v) is 3.89. The maximum atomic E-state index is 13.7. The molecular weight excluding hydrogens is 345 g/mol. The van der Waals surface area contributed by atoms with E-state index in [0.717, 1.165) is 0 Å². The molecule has 0 aromatic heterocycles. The van der Waals surface area contributed by atoms with E-state index in [-0.39, 0.29) is 23.8 Å². The van der Waals surface area contributed by atoms with Crippen molar-refractivity contribution in [2.75, 3.05) is 7.11 Å². The highest BCUT2D eigenvalue weighted by molar-refractivity contribution is 6.06. The van der Waals surface area contributed by atoms with Crippen LogP contribution in [-0.2, 0) is 11.4 Å². The van der Waals surface area contributed by atoms with E-state index < -0.39 is 5.41 Å². The number of methoxy groups -OCH3 is 1. The fraction of sp³-hybridized carbons (Fsp3) is 0.273. The van der Waals surface area contributed by atoms with Crippen LogP contribution in [0.2, 0.25) is 0 Å². The van der Waals surface area contributed by atoms with Crippen LogP contribution in [0.5, 0.6) is 11.5 Å². The lowest BCUT2D eigenvalue weighted by atomic mass is 9.86. The Labute approximate surface area is 158 Å². The molecule has 2 aromatic carbocycles. The van der Waals surface area contributed by atoms with Crippen LogP contribution in [0.1, 0.15) is 31.9 Å². The van der Waals surface area contributed by atoms with Gasteiger partial charge in [0.2, 0.25) is 0 Å². The maximum absolute atomic E-state index is 13.7. The van der Waals surface area contributed by atoms with Crippen molar-refractivity contribution in [3.8, 4) is 17.6 Å². The number of carbonyl (C=O) groups is 1.